The standard InChI is InChI=1S/C16H9ClF2N2O2S/c17-11-2-3-12-10(7-11)1-4-15(12)24(22,23)21-16-13(18)5-9(8-20)6-14(16)19/h2-7,21H,1H2. The van der Waals surface area contributed by atoms with Crippen LogP contribution in [-0.4, -0.2) is 8.42 Å². The molecule has 122 valence electrons. The molecule has 2 aromatic carbocycles. The van der Waals surface area contributed by atoms with E-state index < -0.39 is 27.3 Å². The molecule has 24 heavy (non-hydrogen) atoms. The van der Waals surface area contributed by atoms with Crippen molar-refractivity contribution < 1.29 is 17.2 Å². The second-order valence-electron chi connectivity index (χ2n) is 5.11. The molecule has 4 nitrogen and oxygen atoms in total. The highest BCUT2D eigenvalue weighted by Crippen LogP contribution is 2.34. The minimum Gasteiger partial charge on any atom is -0.274 e. The first-order valence-electron chi connectivity index (χ1n) is 6.73. The summed E-state index contributed by atoms with van der Waals surface area (Å²) in [5, 5.41) is 9.14. The number of nitrogens with one attached hydrogen (secondary N) is 1. The van der Waals surface area contributed by atoms with Crippen molar-refractivity contribution in [1.29, 1.82) is 5.26 Å². The minimum atomic E-state index is -4.20. The van der Waals surface area contributed by atoms with Gasteiger partial charge in [-0.2, -0.15) is 5.26 Å². The molecule has 0 aliphatic heterocycles. The van der Waals surface area contributed by atoms with Crippen molar-refractivity contribution in [3.8, 4) is 6.07 Å². The van der Waals surface area contributed by atoms with Crippen LogP contribution >= 0.6 is 11.6 Å². The molecule has 2 aromatic rings. The quantitative estimate of drug-likeness (QED) is 0.897. The molecule has 0 spiro atoms. The number of nitriles is 1. The van der Waals surface area contributed by atoms with Crippen molar-refractivity contribution in [3.63, 3.8) is 0 Å². The summed E-state index contributed by atoms with van der Waals surface area (Å²) in [7, 11) is -4.20. The largest absolute Gasteiger partial charge is 0.274 e. The van der Waals surface area contributed by atoms with Crippen molar-refractivity contribution in [2.24, 2.45) is 0 Å². The molecule has 0 unspecified atom stereocenters. The Kier molecular flexibility index (Phi) is 4.03. The fourth-order valence-corrected chi connectivity index (χ4v) is 4.02. The lowest BCUT2D eigenvalue weighted by molar-refractivity contribution is 0.585. The highest BCUT2D eigenvalue weighted by molar-refractivity contribution is 8.01. The number of rotatable bonds is 3. The number of halogens is 3. The molecule has 0 amide bonds. The van der Waals surface area contributed by atoms with E-state index in [9.17, 15) is 17.2 Å². The molecule has 0 radical (unpaired) electrons. The lowest BCUT2D eigenvalue weighted by Gasteiger charge is -2.12. The van der Waals surface area contributed by atoms with Crippen LogP contribution in [0, 0.1) is 23.0 Å². The van der Waals surface area contributed by atoms with E-state index in [1.165, 1.54) is 12.1 Å². The molecule has 0 saturated carbocycles. The predicted octanol–water partition coefficient (Wildman–Crippen LogP) is 3.83. The van der Waals surface area contributed by atoms with E-state index in [2.05, 4.69) is 0 Å². The van der Waals surface area contributed by atoms with E-state index in [1.807, 2.05) is 4.72 Å². The van der Waals surface area contributed by atoms with E-state index in [0.29, 0.717) is 22.6 Å². The molecule has 0 saturated heterocycles. The first-order valence-corrected chi connectivity index (χ1v) is 8.59. The molecule has 0 heterocycles. The molecule has 0 fully saturated rings. The van der Waals surface area contributed by atoms with E-state index in [-0.39, 0.29) is 10.5 Å². The van der Waals surface area contributed by atoms with Crippen LogP contribution in [0.2, 0.25) is 5.02 Å². The van der Waals surface area contributed by atoms with Gasteiger partial charge in [0.1, 0.15) is 5.69 Å². The summed E-state index contributed by atoms with van der Waals surface area (Å²) < 4.78 is 54.7. The van der Waals surface area contributed by atoms with Crippen LogP contribution in [0.25, 0.3) is 4.91 Å². The van der Waals surface area contributed by atoms with Crippen LogP contribution in [0.15, 0.2) is 36.4 Å². The number of sulfonamides is 1. The third-order valence-corrected chi connectivity index (χ3v) is 5.21. The molecule has 3 rings (SSSR count). The molecular formula is C16H9ClF2N2O2S. The Morgan fingerprint density at radius 3 is 2.46 bits per heavy atom. The molecule has 0 aromatic heterocycles. The van der Waals surface area contributed by atoms with Crippen LogP contribution in [0.5, 0.6) is 0 Å². The summed E-state index contributed by atoms with van der Waals surface area (Å²) >= 11 is 5.87. The Bertz CT molecular complexity index is 1000. The molecule has 0 bridgehead atoms. The van der Waals surface area contributed by atoms with Crippen LogP contribution in [0.1, 0.15) is 16.7 Å². The Labute approximate surface area is 142 Å². The molecule has 0 atom stereocenters. The Hall–Kier alpha value is -2.43. The SMILES string of the molecule is N#Cc1cc(F)c(NS(=O)(=O)C2=CCc3cc(Cl)ccc32)c(F)c1. The molecule has 1 N–H and O–H groups in total. The summed E-state index contributed by atoms with van der Waals surface area (Å²) in [5.74, 6) is -2.32. The topological polar surface area (TPSA) is 70.0 Å². The van der Waals surface area contributed by atoms with E-state index in [4.69, 9.17) is 16.9 Å². The average Bonchev–Trinajstić information content (AvgIpc) is 2.94. The zero-order valence-corrected chi connectivity index (χ0v) is 13.5. The first kappa shape index (κ1) is 16.4. The number of hydrogen-bond donors (Lipinski definition) is 1. The van der Waals surface area contributed by atoms with Crippen LogP contribution < -0.4 is 4.72 Å². The van der Waals surface area contributed by atoms with Gasteiger partial charge in [0.2, 0.25) is 0 Å². The number of allylic oxidation sites excluding steroid dienone is 1. The maximum Gasteiger partial charge on any atom is 0.262 e. The van der Waals surface area contributed by atoms with E-state index >= 15 is 0 Å². The molecular weight excluding hydrogens is 358 g/mol. The van der Waals surface area contributed by atoms with Crippen molar-refractivity contribution in [2.45, 2.75) is 6.42 Å². The van der Waals surface area contributed by atoms with Gasteiger partial charge in [-0.15, -0.1) is 0 Å². The first-order chi connectivity index (χ1) is 11.3. The van der Waals surface area contributed by atoms with Gasteiger partial charge in [0.15, 0.2) is 11.6 Å². The third kappa shape index (κ3) is 2.86. The van der Waals surface area contributed by atoms with E-state index in [0.717, 1.165) is 12.1 Å². The number of anilines is 1. The predicted molar refractivity (Wildman–Crippen MR) is 86.7 cm³/mol. The summed E-state index contributed by atoms with van der Waals surface area (Å²) in [6, 6.07) is 7.83. The van der Waals surface area contributed by atoms with Crippen molar-refractivity contribution in [3.05, 3.63) is 69.8 Å². The highest BCUT2D eigenvalue weighted by atomic mass is 35.5. The summed E-state index contributed by atoms with van der Waals surface area (Å²) in [6.07, 6.45) is 1.80. The zero-order chi connectivity index (χ0) is 17.5. The average molecular weight is 367 g/mol. The summed E-state index contributed by atoms with van der Waals surface area (Å²) in [4.78, 5) is -0.0719. The second-order valence-corrected chi connectivity index (χ2v) is 7.19. The minimum absolute atomic E-state index is 0.0719. The lowest BCUT2D eigenvalue weighted by atomic mass is 10.1. The van der Waals surface area contributed by atoms with Gasteiger partial charge >= 0.3 is 0 Å². The fraction of sp³-hybridized carbons (Fsp3) is 0.0625. The van der Waals surface area contributed by atoms with Crippen LogP contribution in [0.3, 0.4) is 0 Å². The Balaban J connectivity index is 1.99. The maximum atomic E-state index is 13.9. The normalized spacial score (nSPS) is 13.2. The van der Waals surface area contributed by atoms with Gasteiger partial charge in [0.05, 0.1) is 16.5 Å². The summed E-state index contributed by atoms with van der Waals surface area (Å²) in [5.41, 5.74) is 0.0790. The van der Waals surface area contributed by atoms with Gasteiger partial charge < -0.3 is 0 Å². The lowest BCUT2D eigenvalue weighted by Crippen LogP contribution is -2.16. The number of hydrogen-bond acceptors (Lipinski definition) is 3. The van der Waals surface area contributed by atoms with Crippen LogP contribution in [-0.2, 0) is 16.4 Å². The molecule has 1 aliphatic rings. The van der Waals surface area contributed by atoms with Gasteiger partial charge in [-0.1, -0.05) is 23.7 Å². The fourth-order valence-electron chi connectivity index (χ4n) is 2.46. The van der Waals surface area contributed by atoms with Gasteiger partial charge in [-0.3, -0.25) is 4.72 Å². The summed E-state index contributed by atoms with van der Waals surface area (Å²) in [6.45, 7) is 0. The van der Waals surface area contributed by atoms with Crippen molar-refractivity contribution in [2.75, 3.05) is 4.72 Å². The molecule has 1 aliphatic carbocycles. The third-order valence-electron chi connectivity index (χ3n) is 3.54. The monoisotopic (exact) mass is 366 g/mol. The number of benzene rings is 2. The highest BCUT2D eigenvalue weighted by Gasteiger charge is 2.28. The molecule has 8 heteroatoms. The maximum absolute atomic E-state index is 13.9. The Morgan fingerprint density at radius 1 is 1.17 bits per heavy atom. The number of fused-ring (bicyclic) bond motifs is 1. The van der Waals surface area contributed by atoms with Crippen LogP contribution in [0.4, 0.5) is 14.5 Å². The van der Waals surface area contributed by atoms with Gasteiger partial charge in [-0.05, 0) is 41.8 Å². The van der Waals surface area contributed by atoms with E-state index in [1.54, 1.807) is 18.2 Å². The van der Waals surface area contributed by atoms with Gasteiger partial charge in [0, 0.05) is 5.02 Å². The number of nitrogens with zero attached hydrogens (tertiary/aromatic N) is 1. The zero-order valence-electron chi connectivity index (χ0n) is 12.0. The van der Waals surface area contributed by atoms with Gasteiger partial charge in [0.25, 0.3) is 10.0 Å². The van der Waals surface area contributed by atoms with Crippen molar-refractivity contribution >= 4 is 32.2 Å². The smallest absolute Gasteiger partial charge is 0.262 e. The second kappa shape index (κ2) is 5.89. The van der Waals surface area contributed by atoms with Crippen molar-refractivity contribution in [1.82, 2.24) is 0 Å². The Morgan fingerprint density at radius 2 is 1.83 bits per heavy atom. The van der Waals surface area contributed by atoms with Gasteiger partial charge in [-0.25, -0.2) is 17.2 Å².